The maximum absolute atomic E-state index is 4.84. The molecular weight excluding hydrogens is 337 g/mol. The van der Waals surface area contributed by atoms with Gasteiger partial charge >= 0.3 is 0 Å². The van der Waals surface area contributed by atoms with Gasteiger partial charge < -0.3 is 10.2 Å². The average molecular weight is 360 g/mol. The highest BCUT2D eigenvalue weighted by Crippen LogP contribution is 2.27. The van der Waals surface area contributed by atoms with Crippen LogP contribution in [0, 0.1) is 6.92 Å². The van der Waals surface area contributed by atoms with Gasteiger partial charge in [-0.15, -0.1) is 36.2 Å². The van der Waals surface area contributed by atoms with E-state index in [0.717, 1.165) is 44.8 Å². The highest BCUT2D eigenvalue weighted by molar-refractivity contribution is 7.12. The summed E-state index contributed by atoms with van der Waals surface area (Å²) in [5, 5.41) is 4.66. The second kappa shape index (κ2) is 9.48. The lowest BCUT2D eigenvalue weighted by molar-refractivity contribution is 0.244. The third kappa shape index (κ3) is 4.93. The van der Waals surface area contributed by atoms with Crippen LogP contribution < -0.4 is 5.32 Å². The Balaban J connectivity index is 0.00000121. The van der Waals surface area contributed by atoms with Crippen LogP contribution >= 0.6 is 36.2 Å². The van der Waals surface area contributed by atoms with E-state index in [2.05, 4.69) is 47.5 Å². The van der Waals surface area contributed by atoms with Crippen molar-refractivity contribution in [1.82, 2.24) is 15.2 Å². The summed E-state index contributed by atoms with van der Waals surface area (Å²) in [6, 6.07) is 10.5. The maximum atomic E-state index is 4.84. The minimum absolute atomic E-state index is 0. The lowest BCUT2D eigenvalue weighted by Crippen LogP contribution is -2.44. The Labute approximate surface area is 149 Å². The molecule has 1 fully saturated rings. The number of hydrogen-bond acceptors (Lipinski definition) is 4. The molecule has 22 heavy (non-hydrogen) atoms. The van der Waals surface area contributed by atoms with E-state index < -0.39 is 0 Å². The summed E-state index contributed by atoms with van der Waals surface area (Å²) in [6.07, 6.45) is 1.07. The summed E-state index contributed by atoms with van der Waals surface area (Å²) in [5.74, 6) is 0. The van der Waals surface area contributed by atoms with Crippen molar-refractivity contribution >= 4 is 36.2 Å². The highest BCUT2D eigenvalue weighted by atomic mass is 35.5. The van der Waals surface area contributed by atoms with Gasteiger partial charge in [0.25, 0.3) is 0 Å². The molecule has 0 spiro atoms. The van der Waals surface area contributed by atoms with Gasteiger partial charge in [0.2, 0.25) is 0 Å². The number of thiazole rings is 1. The first kappa shape index (κ1) is 19.4. The molecule has 0 unspecified atom stereocenters. The summed E-state index contributed by atoms with van der Waals surface area (Å²) in [4.78, 5) is 8.69. The SMILES string of the molecule is Cc1sc(CCN2CCNCC2)nc1-c1ccccc1.Cl.Cl. The Kier molecular flexibility index (Phi) is 8.36. The summed E-state index contributed by atoms with van der Waals surface area (Å²) in [6.45, 7) is 7.86. The molecule has 0 aliphatic carbocycles. The molecule has 2 aromatic rings. The molecule has 1 aromatic heterocycles. The molecule has 0 bridgehead atoms. The Morgan fingerprint density at radius 1 is 1.14 bits per heavy atom. The fourth-order valence-corrected chi connectivity index (χ4v) is 3.55. The number of rotatable bonds is 4. The van der Waals surface area contributed by atoms with Gasteiger partial charge in [0.15, 0.2) is 0 Å². The van der Waals surface area contributed by atoms with Crippen molar-refractivity contribution in [3.8, 4) is 11.3 Å². The first-order valence-electron chi connectivity index (χ1n) is 7.28. The molecule has 1 N–H and O–H groups in total. The Morgan fingerprint density at radius 2 is 1.82 bits per heavy atom. The molecule has 0 atom stereocenters. The fraction of sp³-hybridized carbons (Fsp3) is 0.438. The van der Waals surface area contributed by atoms with E-state index in [-0.39, 0.29) is 24.8 Å². The number of nitrogens with one attached hydrogen (secondary N) is 1. The molecule has 1 saturated heterocycles. The fourth-order valence-electron chi connectivity index (χ4n) is 2.61. The van der Waals surface area contributed by atoms with E-state index in [1.54, 1.807) is 0 Å². The summed E-state index contributed by atoms with van der Waals surface area (Å²) < 4.78 is 0. The van der Waals surface area contributed by atoms with Gasteiger partial charge in [-0.2, -0.15) is 0 Å². The van der Waals surface area contributed by atoms with Crippen molar-refractivity contribution in [3.63, 3.8) is 0 Å². The number of halogens is 2. The van der Waals surface area contributed by atoms with Gasteiger partial charge in [-0.05, 0) is 6.92 Å². The van der Waals surface area contributed by atoms with Crippen LogP contribution in [0.25, 0.3) is 11.3 Å². The average Bonchev–Trinajstić information content (AvgIpc) is 2.88. The van der Waals surface area contributed by atoms with Crippen molar-refractivity contribution in [3.05, 3.63) is 40.2 Å². The van der Waals surface area contributed by atoms with E-state index in [9.17, 15) is 0 Å². The van der Waals surface area contributed by atoms with E-state index in [0.29, 0.717) is 0 Å². The van der Waals surface area contributed by atoms with E-state index >= 15 is 0 Å². The summed E-state index contributed by atoms with van der Waals surface area (Å²) in [7, 11) is 0. The van der Waals surface area contributed by atoms with Gasteiger partial charge in [-0.25, -0.2) is 4.98 Å². The third-order valence-electron chi connectivity index (χ3n) is 3.74. The first-order valence-corrected chi connectivity index (χ1v) is 8.09. The van der Waals surface area contributed by atoms with Crippen LogP contribution in [0.1, 0.15) is 9.88 Å². The van der Waals surface area contributed by atoms with Crippen LogP contribution in [0.15, 0.2) is 30.3 Å². The van der Waals surface area contributed by atoms with Gasteiger partial charge in [-0.3, -0.25) is 0 Å². The second-order valence-electron chi connectivity index (χ2n) is 5.22. The van der Waals surface area contributed by atoms with Crippen molar-refractivity contribution < 1.29 is 0 Å². The predicted octanol–water partition coefficient (Wildman–Crippen LogP) is 3.41. The summed E-state index contributed by atoms with van der Waals surface area (Å²) >= 11 is 1.84. The minimum atomic E-state index is 0. The number of hydrogen-bond donors (Lipinski definition) is 1. The van der Waals surface area contributed by atoms with Crippen LogP contribution in [0.4, 0.5) is 0 Å². The van der Waals surface area contributed by atoms with Crippen LogP contribution in [-0.2, 0) is 6.42 Å². The third-order valence-corrected chi connectivity index (χ3v) is 4.77. The predicted molar refractivity (Wildman–Crippen MR) is 99.8 cm³/mol. The molecule has 3 nitrogen and oxygen atoms in total. The first-order chi connectivity index (χ1) is 9.83. The lowest BCUT2D eigenvalue weighted by Gasteiger charge is -2.26. The molecule has 1 aliphatic heterocycles. The Hall–Kier alpha value is -0.650. The zero-order chi connectivity index (χ0) is 13.8. The van der Waals surface area contributed by atoms with Gasteiger partial charge in [-0.1, -0.05) is 30.3 Å². The number of piperazine rings is 1. The second-order valence-corrected chi connectivity index (χ2v) is 6.51. The van der Waals surface area contributed by atoms with Crippen molar-refractivity contribution in [1.29, 1.82) is 0 Å². The van der Waals surface area contributed by atoms with Gasteiger partial charge in [0.1, 0.15) is 0 Å². The molecular formula is C16H23Cl2N3S. The molecule has 6 heteroatoms. The maximum Gasteiger partial charge on any atom is 0.0948 e. The van der Waals surface area contributed by atoms with Gasteiger partial charge in [0, 0.05) is 49.6 Å². The molecule has 0 radical (unpaired) electrons. The molecule has 1 aliphatic rings. The Bertz CT molecular complexity index is 554. The highest BCUT2D eigenvalue weighted by Gasteiger charge is 2.12. The number of aryl methyl sites for hydroxylation is 1. The number of benzene rings is 1. The minimum Gasteiger partial charge on any atom is -0.314 e. The van der Waals surface area contributed by atoms with E-state index in [1.807, 2.05) is 11.3 Å². The monoisotopic (exact) mass is 359 g/mol. The smallest absolute Gasteiger partial charge is 0.0948 e. The van der Waals surface area contributed by atoms with Crippen molar-refractivity contribution in [2.24, 2.45) is 0 Å². The topological polar surface area (TPSA) is 28.2 Å². The van der Waals surface area contributed by atoms with E-state index in [1.165, 1.54) is 15.4 Å². The van der Waals surface area contributed by atoms with Crippen molar-refractivity contribution in [2.45, 2.75) is 13.3 Å². The molecule has 122 valence electrons. The molecule has 1 aromatic carbocycles. The normalized spacial score (nSPS) is 15.0. The van der Waals surface area contributed by atoms with Crippen molar-refractivity contribution in [2.75, 3.05) is 32.7 Å². The number of aromatic nitrogens is 1. The Morgan fingerprint density at radius 3 is 2.50 bits per heavy atom. The quantitative estimate of drug-likeness (QED) is 0.906. The lowest BCUT2D eigenvalue weighted by atomic mass is 10.1. The van der Waals surface area contributed by atoms with Crippen LogP contribution in [-0.4, -0.2) is 42.6 Å². The number of nitrogens with zero attached hydrogens (tertiary/aromatic N) is 2. The van der Waals surface area contributed by atoms with Crippen LogP contribution in [0.2, 0.25) is 0 Å². The summed E-state index contributed by atoms with van der Waals surface area (Å²) in [5.41, 5.74) is 2.39. The molecule has 2 heterocycles. The van der Waals surface area contributed by atoms with Crippen LogP contribution in [0.5, 0.6) is 0 Å². The zero-order valence-corrected chi connectivity index (χ0v) is 15.2. The van der Waals surface area contributed by atoms with Crippen LogP contribution in [0.3, 0.4) is 0 Å². The van der Waals surface area contributed by atoms with Gasteiger partial charge in [0.05, 0.1) is 10.7 Å². The van der Waals surface area contributed by atoms with E-state index in [4.69, 9.17) is 4.98 Å². The molecule has 0 amide bonds. The molecule has 3 rings (SSSR count). The molecule has 0 saturated carbocycles. The zero-order valence-electron chi connectivity index (χ0n) is 12.7. The standard InChI is InChI=1S/C16H21N3S.2ClH/c1-13-16(14-5-3-2-4-6-14)18-15(20-13)7-10-19-11-8-17-9-12-19;;/h2-6,17H,7-12H2,1H3;2*1H. The largest absolute Gasteiger partial charge is 0.314 e.